The molecule has 1 amide bonds. The summed E-state index contributed by atoms with van der Waals surface area (Å²) in [4.78, 5) is 33.5. The standard InChI is InChI=1S/C25H25N3O5/c1-25(2,3)33-24(30)28-19(23(29)31-4)14-15-10-11-20-18(13-15)27-22(32-20)17-9-5-7-16-8-6-12-26-21(16)17/h5-13,19H,14H2,1-4H3,(H,28,30)/t19-/m0/s1. The third-order valence-electron chi connectivity index (χ3n) is 4.93. The van der Waals surface area contributed by atoms with Gasteiger partial charge in [0.2, 0.25) is 5.89 Å². The third-order valence-corrected chi connectivity index (χ3v) is 4.93. The van der Waals surface area contributed by atoms with Gasteiger partial charge in [-0.3, -0.25) is 4.98 Å². The quantitative estimate of drug-likeness (QED) is 0.444. The Hall–Kier alpha value is -3.94. The minimum absolute atomic E-state index is 0.208. The van der Waals surface area contributed by atoms with Gasteiger partial charge in [0.05, 0.1) is 18.2 Å². The number of amides is 1. The molecule has 4 aromatic rings. The van der Waals surface area contributed by atoms with E-state index in [0.29, 0.717) is 17.0 Å². The zero-order valence-corrected chi connectivity index (χ0v) is 18.9. The smallest absolute Gasteiger partial charge is 0.408 e. The molecule has 0 radical (unpaired) electrons. The Kier molecular flexibility index (Phi) is 6.00. The largest absolute Gasteiger partial charge is 0.467 e. The van der Waals surface area contributed by atoms with E-state index in [0.717, 1.165) is 22.0 Å². The van der Waals surface area contributed by atoms with Crippen molar-refractivity contribution in [2.24, 2.45) is 0 Å². The van der Waals surface area contributed by atoms with Crippen molar-refractivity contribution in [3.63, 3.8) is 0 Å². The lowest BCUT2D eigenvalue weighted by Gasteiger charge is -2.22. The van der Waals surface area contributed by atoms with Gasteiger partial charge in [0.1, 0.15) is 17.2 Å². The van der Waals surface area contributed by atoms with Gasteiger partial charge in [-0.05, 0) is 50.6 Å². The third kappa shape index (κ3) is 5.11. The minimum Gasteiger partial charge on any atom is -0.467 e. The number of hydrogen-bond donors (Lipinski definition) is 1. The number of benzene rings is 2. The SMILES string of the molecule is COC(=O)[C@H](Cc1ccc2oc(-c3cccc4cccnc34)nc2c1)NC(=O)OC(C)(C)C. The Morgan fingerprint density at radius 2 is 1.91 bits per heavy atom. The second-order valence-corrected chi connectivity index (χ2v) is 8.63. The fraction of sp³-hybridized carbons (Fsp3) is 0.280. The number of esters is 1. The van der Waals surface area contributed by atoms with Crippen LogP contribution in [0.4, 0.5) is 4.79 Å². The lowest BCUT2D eigenvalue weighted by atomic mass is 10.1. The number of fused-ring (bicyclic) bond motifs is 2. The van der Waals surface area contributed by atoms with E-state index in [9.17, 15) is 9.59 Å². The van der Waals surface area contributed by atoms with Crippen LogP contribution in [0.1, 0.15) is 26.3 Å². The van der Waals surface area contributed by atoms with Crippen molar-refractivity contribution in [2.75, 3.05) is 7.11 Å². The first-order valence-electron chi connectivity index (χ1n) is 10.5. The molecule has 0 unspecified atom stereocenters. The number of oxazole rings is 1. The van der Waals surface area contributed by atoms with Crippen LogP contribution in [0, 0.1) is 0 Å². The van der Waals surface area contributed by atoms with E-state index in [-0.39, 0.29) is 6.42 Å². The lowest BCUT2D eigenvalue weighted by molar-refractivity contribution is -0.143. The van der Waals surface area contributed by atoms with Gasteiger partial charge in [-0.15, -0.1) is 0 Å². The maximum absolute atomic E-state index is 12.3. The van der Waals surface area contributed by atoms with Crippen LogP contribution in [-0.2, 0) is 20.7 Å². The summed E-state index contributed by atoms with van der Waals surface area (Å²) < 4.78 is 16.1. The van der Waals surface area contributed by atoms with Crippen LogP contribution in [0.15, 0.2) is 59.1 Å². The Labute approximate surface area is 190 Å². The molecule has 2 aromatic heterocycles. The van der Waals surface area contributed by atoms with E-state index in [4.69, 9.17) is 13.9 Å². The molecule has 8 heteroatoms. The molecule has 2 heterocycles. The summed E-state index contributed by atoms with van der Waals surface area (Å²) in [6, 6.07) is 14.2. The molecular formula is C25H25N3O5. The number of methoxy groups -OCH3 is 1. The van der Waals surface area contributed by atoms with Crippen molar-refractivity contribution in [1.82, 2.24) is 15.3 Å². The highest BCUT2D eigenvalue weighted by atomic mass is 16.6. The van der Waals surface area contributed by atoms with E-state index in [1.807, 2.05) is 42.5 Å². The van der Waals surface area contributed by atoms with Crippen molar-refractivity contribution in [3.05, 3.63) is 60.3 Å². The monoisotopic (exact) mass is 447 g/mol. The Morgan fingerprint density at radius 3 is 2.67 bits per heavy atom. The first-order chi connectivity index (χ1) is 15.7. The van der Waals surface area contributed by atoms with Gasteiger partial charge in [0, 0.05) is 18.0 Å². The van der Waals surface area contributed by atoms with E-state index < -0.39 is 23.7 Å². The highest BCUT2D eigenvalue weighted by Crippen LogP contribution is 2.29. The van der Waals surface area contributed by atoms with Crippen molar-refractivity contribution in [2.45, 2.75) is 38.8 Å². The molecule has 170 valence electrons. The number of carbonyl (C=O) groups is 2. The van der Waals surface area contributed by atoms with Crippen LogP contribution in [-0.4, -0.2) is 40.8 Å². The maximum atomic E-state index is 12.3. The molecule has 4 rings (SSSR count). The number of alkyl carbamates (subject to hydrolysis) is 1. The number of ether oxygens (including phenoxy) is 2. The normalized spacial score (nSPS) is 12.5. The number of carbonyl (C=O) groups excluding carboxylic acids is 2. The fourth-order valence-corrected chi connectivity index (χ4v) is 3.51. The molecule has 0 fully saturated rings. The zero-order valence-electron chi connectivity index (χ0n) is 18.9. The second-order valence-electron chi connectivity index (χ2n) is 8.63. The van der Waals surface area contributed by atoms with E-state index in [1.54, 1.807) is 33.0 Å². The van der Waals surface area contributed by atoms with Crippen LogP contribution in [0.25, 0.3) is 33.5 Å². The van der Waals surface area contributed by atoms with Crippen LogP contribution >= 0.6 is 0 Å². The summed E-state index contributed by atoms with van der Waals surface area (Å²) in [6.45, 7) is 5.25. The Bertz CT molecular complexity index is 1320. The van der Waals surface area contributed by atoms with Crippen molar-refractivity contribution >= 4 is 34.1 Å². The Balaban J connectivity index is 1.61. The first-order valence-corrected chi connectivity index (χ1v) is 10.5. The second kappa shape index (κ2) is 8.90. The van der Waals surface area contributed by atoms with Gasteiger partial charge >= 0.3 is 12.1 Å². The molecule has 0 aliphatic rings. The molecule has 8 nitrogen and oxygen atoms in total. The summed E-state index contributed by atoms with van der Waals surface area (Å²) in [5.74, 6) is -0.105. The summed E-state index contributed by atoms with van der Waals surface area (Å²) in [7, 11) is 1.28. The Morgan fingerprint density at radius 1 is 1.12 bits per heavy atom. The number of pyridine rings is 1. The van der Waals surface area contributed by atoms with Gasteiger partial charge < -0.3 is 19.2 Å². The van der Waals surface area contributed by atoms with Crippen LogP contribution in [0.3, 0.4) is 0 Å². The summed E-state index contributed by atoms with van der Waals surface area (Å²) >= 11 is 0. The van der Waals surface area contributed by atoms with Crippen molar-refractivity contribution in [1.29, 1.82) is 0 Å². The van der Waals surface area contributed by atoms with E-state index in [2.05, 4.69) is 15.3 Å². The van der Waals surface area contributed by atoms with Gasteiger partial charge in [-0.1, -0.05) is 24.3 Å². The molecule has 0 saturated heterocycles. The van der Waals surface area contributed by atoms with Gasteiger partial charge in [-0.2, -0.15) is 0 Å². The number of aromatic nitrogens is 2. The highest BCUT2D eigenvalue weighted by molar-refractivity contribution is 5.92. The van der Waals surface area contributed by atoms with Crippen LogP contribution < -0.4 is 5.32 Å². The molecular weight excluding hydrogens is 422 g/mol. The molecule has 1 atom stereocenters. The molecule has 33 heavy (non-hydrogen) atoms. The predicted octanol–water partition coefficient (Wildman–Crippen LogP) is 4.65. The number of rotatable bonds is 5. The molecule has 0 aliphatic carbocycles. The molecule has 1 N–H and O–H groups in total. The zero-order chi connectivity index (χ0) is 23.6. The fourth-order valence-electron chi connectivity index (χ4n) is 3.51. The number of nitrogens with zero attached hydrogens (tertiary/aromatic N) is 2. The molecule has 0 saturated carbocycles. The van der Waals surface area contributed by atoms with Crippen molar-refractivity contribution < 1.29 is 23.5 Å². The maximum Gasteiger partial charge on any atom is 0.408 e. The average Bonchev–Trinajstić information content (AvgIpc) is 3.19. The van der Waals surface area contributed by atoms with Gasteiger partial charge in [0.25, 0.3) is 0 Å². The lowest BCUT2D eigenvalue weighted by Crippen LogP contribution is -2.45. The highest BCUT2D eigenvalue weighted by Gasteiger charge is 2.25. The van der Waals surface area contributed by atoms with Crippen LogP contribution in [0.5, 0.6) is 0 Å². The van der Waals surface area contributed by atoms with E-state index >= 15 is 0 Å². The molecule has 0 spiro atoms. The average molecular weight is 447 g/mol. The molecule has 0 bridgehead atoms. The predicted molar refractivity (Wildman–Crippen MR) is 124 cm³/mol. The summed E-state index contributed by atoms with van der Waals surface area (Å²) in [6.07, 6.45) is 1.25. The van der Waals surface area contributed by atoms with Gasteiger partial charge in [-0.25, -0.2) is 14.6 Å². The number of hydrogen-bond acceptors (Lipinski definition) is 7. The van der Waals surface area contributed by atoms with Crippen molar-refractivity contribution in [3.8, 4) is 11.5 Å². The van der Waals surface area contributed by atoms with Gasteiger partial charge in [0.15, 0.2) is 5.58 Å². The topological polar surface area (TPSA) is 104 Å². The summed E-state index contributed by atoms with van der Waals surface area (Å²) in [5, 5.41) is 3.58. The number of para-hydroxylation sites is 1. The molecule has 0 aliphatic heterocycles. The van der Waals surface area contributed by atoms with Crippen LogP contribution in [0.2, 0.25) is 0 Å². The minimum atomic E-state index is -0.907. The number of nitrogens with one attached hydrogen (secondary N) is 1. The van der Waals surface area contributed by atoms with E-state index in [1.165, 1.54) is 7.11 Å². The summed E-state index contributed by atoms with van der Waals surface area (Å²) in [5.41, 5.74) is 2.94. The molecule has 2 aromatic carbocycles. The first kappa shape index (κ1) is 22.3.